The highest BCUT2D eigenvalue weighted by Gasteiger charge is 2.24. The van der Waals surface area contributed by atoms with Gasteiger partial charge in [0.05, 0.1) is 17.4 Å². The van der Waals surface area contributed by atoms with Gasteiger partial charge in [-0.25, -0.2) is 9.07 Å². The van der Waals surface area contributed by atoms with E-state index in [-0.39, 0.29) is 11.7 Å². The summed E-state index contributed by atoms with van der Waals surface area (Å²) in [4.78, 5) is 17.0. The Labute approximate surface area is 184 Å². The summed E-state index contributed by atoms with van der Waals surface area (Å²) in [5.74, 6) is -0.281. The van der Waals surface area contributed by atoms with Crippen molar-refractivity contribution in [3.05, 3.63) is 60.0 Å². The Morgan fingerprint density at radius 1 is 1.12 bits per heavy atom. The van der Waals surface area contributed by atoms with Gasteiger partial charge >= 0.3 is 0 Å². The number of aromatic amines is 1. The second-order valence-corrected chi connectivity index (χ2v) is 8.34. The van der Waals surface area contributed by atoms with Gasteiger partial charge in [-0.3, -0.25) is 9.89 Å². The summed E-state index contributed by atoms with van der Waals surface area (Å²) >= 11 is 0. The molecule has 0 saturated carbocycles. The first-order valence-corrected chi connectivity index (χ1v) is 10.6. The smallest absolute Gasteiger partial charge is 0.253 e. The average molecular weight is 433 g/mol. The summed E-state index contributed by atoms with van der Waals surface area (Å²) in [5, 5.41) is 16.2. The molecule has 9 heteroatoms. The number of amides is 1. The van der Waals surface area contributed by atoms with Crippen molar-refractivity contribution in [1.82, 2.24) is 35.0 Å². The molecule has 1 aliphatic heterocycles. The topological polar surface area (TPSA) is 82.9 Å². The van der Waals surface area contributed by atoms with Crippen molar-refractivity contribution < 1.29 is 9.18 Å². The predicted molar refractivity (Wildman–Crippen MR) is 119 cm³/mol. The van der Waals surface area contributed by atoms with Crippen molar-refractivity contribution in [3.63, 3.8) is 0 Å². The van der Waals surface area contributed by atoms with Gasteiger partial charge < -0.3 is 9.80 Å². The Bertz CT molecular complexity index is 1250. The van der Waals surface area contributed by atoms with Crippen LogP contribution in [-0.4, -0.2) is 74.1 Å². The lowest BCUT2D eigenvalue weighted by Gasteiger charge is -2.35. The van der Waals surface area contributed by atoms with Crippen LogP contribution in [0.25, 0.3) is 28.0 Å². The minimum atomic E-state index is -0.335. The number of carbonyl (C=O) groups is 1. The van der Waals surface area contributed by atoms with Gasteiger partial charge in [-0.2, -0.15) is 5.10 Å². The maximum absolute atomic E-state index is 13.7. The molecule has 3 heterocycles. The normalized spacial score (nSPS) is 15.1. The molecule has 4 aromatic rings. The molecule has 1 N–H and O–H groups in total. The molecule has 0 bridgehead atoms. The van der Waals surface area contributed by atoms with E-state index in [4.69, 9.17) is 0 Å². The largest absolute Gasteiger partial charge is 0.339 e. The van der Waals surface area contributed by atoms with Gasteiger partial charge in [0.1, 0.15) is 17.2 Å². The Morgan fingerprint density at radius 3 is 2.59 bits per heavy atom. The fourth-order valence-corrected chi connectivity index (χ4v) is 4.20. The highest BCUT2D eigenvalue weighted by molar-refractivity contribution is 5.94. The summed E-state index contributed by atoms with van der Waals surface area (Å²) in [6, 6.07) is 12.3. The summed E-state index contributed by atoms with van der Waals surface area (Å²) < 4.78 is 15.3. The number of nitrogens with one attached hydrogen (secondary N) is 1. The van der Waals surface area contributed by atoms with E-state index in [1.54, 1.807) is 16.9 Å². The standard InChI is InChI=1S/C23H24FN7O/c1-29(2)17-9-11-30(12-10-17)23(32)15-3-6-18(7-4-15)31-14-21(26-28-31)22-19-13-16(24)5-8-20(19)25-27-22/h3-8,13-14,17H,9-12H2,1-2H3,(H,25,27). The van der Waals surface area contributed by atoms with Crippen LogP contribution in [0.1, 0.15) is 23.2 Å². The van der Waals surface area contributed by atoms with Crippen LogP contribution < -0.4 is 0 Å². The number of likely N-dealkylation sites (tertiary alicyclic amines) is 1. The molecule has 0 spiro atoms. The second kappa shape index (κ2) is 8.16. The van der Waals surface area contributed by atoms with Gasteiger partial charge in [-0.15, -0.1) is 5.10 Å². The van der Waals surface area contributed by atoms with Crippen molar-refractivity contribution in [1.29, 1.82) is 0 Å². The van der Waals surface area contributed by atoms with Crippen molar-refractivity contribution in [2.24, 2.45) is 0 Å². The van der Waals surface area contributed by atoms with Crippen LogP contribution in [0.5, 0.6) is 0 Å². The molecule has 2 aromatic heterocycles. The molecule has 0 atom stereocenters. The van der Waals surface area contributed by atoms with E-state index in [2.05, 4.69) is 39.5 Å². The number of fused-ring (bicyclic) bond motifs is 1. The van der Waals surface area contributed by atoms with E-state index >= 15 is 0 Å². The first-order chi connectivity index (χ1) is 15.5. The van der Waals surface area contributed by atoms with Crippen molar-refractivity contribution in [2.45, 2.75) is 18.9 Å². The fraction of sp³-hybridized carbons (Fsp3) is 0.304. The Hall–Kier alpha value is -3.59. The second-order valence-electron chi connectivity index (χ2n) is 8.34. The summed E-state index contributed by atoms with van der Waals surface area (Å²) in [7, 11) is 4.17. The van der Waals surface area contributed by atoms with Crippen molar-refractivity contribution >= 4 is 16.8 Å². The number of nitrogens with zero attached hydrogens (tertiary/aromatic N) is 6. The van der Waals surface area contributed by atoms with Gasteiger partial charge in [0, 0.05) is 30.1 Å². The zero-order chi connectivity index (χ0) is 22.2. The molecule has 164 valence electrons. The number of aromatic nitrogens is 5. The quantitative estimate of drug-likeness (QED) is 0.535. The van der Waals surface area contributed by atoms with E-state index in [1.165, 1.54) is 12.1 Å². The molecule has 8 nitrogen and oxygen atoms in total. The summed E-state index contributed by atoms with van der Waals surface area (Å²) in [6.45, 7) is 1.54. The number of carbonyl (C=O) groups excluding carboxylic acids is 1. The van der Waals surface area contributed by atoms with Crippen LogP contribution in [0.2, 0.25) is 0 Å². The third-order valence-corrected chi connectivity index (χ3v) is 6.12. The number of hydrogen-bond donors (Lipinski definition) is 1. The van der Waals surface area contributed by atoms with E-state index in [9.17, 15) is 9.18 Å². The molecule has 1 aliphatic rings. The van der Waals surface area contributed by atoms with E-state index < -0.39 is 0 Å². The van der Waals surface area contributed by atoms with Crippen LogP contribution in [0.4, 0.5) is 4.39 Å². The molecule has 32 heavy (non-hydrogen) atoms. The highest BCUT2D eigenvalue weighted by atomic mass is 19.1. The maximum Gasteiger partial charge on any atom is 0.253 e. The molecule has 0 unspecified atom stereocenters. The molecule has 5 rings (SSSR count). The lowest BCUT2D eigenvalue weighted by molar-refractivity contribution is 0.0663. The van der Waals surface area contributed by atoms with E-state index in [0.717, 1.165) is 37.1 Å². The minimum Gasteiger partial charge on any atom is -0.339 e. The Morgan fingerprint density at radius 2 is 1.88 bits per heavy atom. The number of piperidine rings is 1. The molecular formula is C23H24FN7O. The SMILES string of the molecule is CN(C)C1CCN(C(=O)c2ccc(-n3cc(-c4n[nH]c5ccc(F)cc45)nn3)cc2)CC1. The first-order valence-electron chi connectivity index (χ1n) is 10.6. The van der Waals surface area contributed by atoms with E-state index in [0.29, 0.717) is 28.4 Å². The van der Waals surface area contributed by atoms with Crippen LogP contribution in [0.15, 0.2) is 48.7 Å². The molecule has 1 amide bonds. The molecule has 0 radical (unpaired) electrons. The Balaban J connectivity index is 1.32. The van der Waals surface area contributed by atoms with Crippen LogP contribution in [-0.2, 0) is 0 Å². The summed E-state index contributed by atoms with van der Waals surface area (Å²) in [6.07, 6.45) is 3.72. The van der Waals surface area contributed by atoms with Gasteiger partial charge in [-0.05, 0) is 69.4 Å². The number of H-pyrrole nitrogens is 1. The van der Waals surface area contributed by atoms with Crippen molar-refractivity contribution in [3.8, 4) is 17.1 Å². The number of hydrogen-bond acceptors (Lipinski definition) is 5. The zero-order valence-electron chi connectivity index (χ0n) is 18.0. The van der Waals surface area contributed by atoms with E-state index in [1.807, 2.05) is 29.2 Å². The third kappa shape index (κ3) is 3.75. The lowest BCUT2D eigenvalue weighted by atomic mass is 10.0. The molecule has 0 aliphatic carbocycles. The molecular weight excluding hydrogens is 409 g/mol. The number of rotatable bonds is 4. The van der Waals surface area contributed by atoms with Gasteiger partial charge in [0.2, 0.25) is 0 Å². The molecule has 2 aromatic carbocycles. The van der Waals surface area contributed by atoms with Crippen LogP contribution >= 0.6 is 0 Å². The van der Waals surface area contributed by atoms with Crippen LogP contribution in [0, 0.1) is 5.82 Å². The Kier molecular flexibility index (Phi) is 5.18. The highest BCUT2D eigenvalue weighted by Crippen LogP contribution is 2.26. The predicted octanol–water partition coefficient (Wildman–Crippen LogP) is 3.12. The first kappa shape index (κ1) is 20.3. The number of halogens is 1. The monoisotopic (exact) mass is 433 g/mol. The fourth-order valence-electron chi connectivity index (χ4n) is 4.20. The van der Waals surface area contributed by atoms with Gasteiger partial charge in [0.15, 0.2) is 0 Å². The lowest BCUT2D eigenvalue weighted by Crippen LogP contribution is -2.44. The number of benzene rings is 2. The molecule has 1 fully saturated rings. The minimum absolute atomic E-state index is 0.0538. The van der Waals surface area contributed by atoms with Crippen molar-refractivity contribution in [2.75, 3.05) is 27.2 Å². The third-order valence-electron chi connectivity index (χ3n) is 6.12. The van der Waals surface area contributed by atoms with Crippen LogP contribution in [0.3, 0.4) is 0 Å². The summed E-state index contributed by atoms with van der Waals surface area (Å²) in [5.41, 5.74) is 3.24. The maximum atomic E-state index is 13.7. The zero-order valence-corrected chi connectivity index (χ0v) is 18.0. The van der Waals surface area contributed by atoms with Gasteiger partial charge in [0.25, 0.3) is 5.91 Å². The van der Waals surface area contributed by atoms with Gasteiger partial charge in [-0.1, -0.05) is 5.21 Å². The average Bonchev–Trinajstić information content (AvgIpc) is 3.45. The molecule has 1 saturated heterocycles.